The third kappa shape index (κ3) is 5.15. The lowest BCUT2D eigenvalue weighted by Crippen LogP contribution is -2.27. The summed E-state index contributed by atoms with van der Waals surface area (Å²) in [5.41, 5.74) is 19.1. The molecule has 196 valence electrons. The molecule has 6 heteroatoms. The SMILES string of the molecule is CC(C)(C)[C@H](N)c1ncc(-c2ccc(-c3ccc4cc(-c5cnc([C@@H](N)C(C)(C)C)[nH]5)ccc4c3)cc2)[nH]1. The lowest BCUT2D eigenvalue weighted by molar-refractivity contribution is 0.316. The van der Waals surface area contributed by atoms with E-state index in [4.69, 9.17) is 11.5 Å². The number of hydrogen-bond donors (Lipinski definition) is 4. The predicted molar refractivity (Wildman–Crippen MR) is 157 cm³/mol. The summed E-state index contributed by atoms with van der Waals surface area (Å²) < 4.78 is 0. The quantitative estimate of drug-likeness (QED) is 0.199. The second kappa shape index (κ2) is 9.53. The van der Waals surface area contributed by atoms with E-state index in [0.717, 1.165) is 34.2 Å². The van der Waals surface area contributed by atoms with Crippen LogP contribution >= 0.6 is 0 Å². The van der Waals surface area contributed by atoms with Gasteiger partial charge in [-0.15, -0.1) is 0 Å². The maximum Gasteiger partial charge on any atom is 0.124 e. The molecule has 5 aromatic rings. The minimum Gasteiger partial charge on any atom is -0.341 e. The van der Waals surface area contributed by atoms with Crippen molar-refractivity contribution >= 4 is 10.8 Å². The molecule has 0 saturated heterocycles. The number of H-pyrrole nitrogens is 2. The second-order valence-corrected chi connectivity index (χ2v) is 12.4. The van der Waals surface area contributed by atoms with Crippen LogP contribution in [0.4, 0.5) is 0 Å². The first-order valence-corrected chi connectivity index (χ1v) is 13.2. The molecule has 0 unspecified atom stereocenters. The molecule has 2 heterocycles. The zero-order chi connectivity index (χ0) is 27.2. The Labute approximate surface area is 224 Å². The number of aromatic nitrogens is 4. The topological polar surface area (TPSA) is 109 Å². The van der Waals surface area contributed by atoms with E-state index < -0.39 is 0 Å². The Morgan fingerprint density at radius 2 is 0.947 bits per heavy atom. The van der Waals surface area contributed by atoms with E-state index in [1.807, 2.05) is 12.4 Å². The minimum atomic E-state index is -0.151. The van der Waals surface area contributed by atoms with E-state index >= 15 is 0 Å². The molecule has 3 aromatic carbocycles. The zero-order valence-electron chi connectivity index (χ0n) is 23.1. The Bertz CT molecular complexity index is 1560. The Hall–Kier alpha value is -3.74. The smallest absolute Gasteiger partial charge is 0.124 e. The number of hydrogen-bond acceptors (Lipinski definition) is 4. The number of nitrogens with zero attached hydrogens (tertiary/aromatic N) is 2. The van der Waals surface area contributed by atoms with Crippen LogP contribution in [0.25, 0.3) is 44.4 Å². The molecule has 0 spiro atoms. The first-order chi connectivity index (χ1) is 17.9. The van der Waals surface area contributed by atoms with Gasteiger partial charge in [-0.25, -0.2) is 9.97 Å². The van der Waals surface area contributed by atoms with Crippen molar-refractivity contribution in [3.63, 3.8) is 0 Å². The highest BCUT2D eigenvalue weighted by molar-refractivity contribution is 5.90. The second-order valence-electron chi connectivity index (χ2n) is 12.4. The van der Waals surface area contributed by atoms with Gasteiger partial charge < -0.3 is 21.4 Å². The van der Waals surface area contributed by atoms with E-state index in [2.05, 4.69) is 122 Å². The fourth-order valence-corrected chi connectivity index (χ4v) is 4.54. The summed E-state index contributed by atoms with van der Waals surface area (Å²) in [6, 6.07) is 21.3. The van der Waals surface area contributed by atoms with Crippen LogP contribution in [0, 0.1) is 10.8 Å². The lowest BCUT2D eigenvalue weighted by atomic mass is 9.87. The third-order valence-electron chi connectivity index (χ3n) is 7.33. The molecule has 0 amide bonds. The van der Waals surface area contributed by atoms with Crippen LogP contribution < -0.4 is 11.5 Å². The summed E-state index contributed by atoms with van der Waals surface area (Å²) in [5.74, 6) is 1.63. The first kappa shape index (κ1) is 25.9. The molecule has 6 nitrogen and oxygen atoms in total. The van der Waals surface area contributed by atoms with E-state index in [-0.39, 0.29) is 22.9 Å². The number of aromatic amines is 2. The van der Waals surface area contributed by atoms with Gasteiger partial charge in [0, 0.05) is 5.56 Å². The maximum atomic E-state index is 6.39. The zero-order valence-corrected chi connectivity index (χ0v) is 23.1. The fourth-order valence-electron chi connectivity index (χ4n) is 4.54. The van der Waals surface area contributed by atoms with E-state index in [0.29, 0.717) is 0 Å². The molecule has 0 aliphatic rings. The van der Waals surface area contributed by atoms with Crippen molar-refractivity contribution < 1.29 is 0 Å². The summed E-state index contributed by atoms with van der Waals surface area (Å²) in [7, 11) is 0. The van der Waals surface area contributed by atoms with Gasteiger partial charge in [-0.05, 0) is 50.4 Å². The van der Waals surface area contributed by atoms with Crippen molar-refractivity contribution in [2.45, 2.75) is 53.6 Å². The molecule has 0 radical (unpaired) electrons. The molecule has 6 N–H and O–H groups in total. The highest BCUT2D eigenvalue weighted by Gasteiger charge is 2.26. The Kier molecular flexibility index (Phi) is 6.49. The average molecular weight is 507 g/mol. The average Bonchev–Trinajstić information content (AvgIpc) is 3.57. The van der Waals surface area contributed by atoms with Crippen molar-refractivity contribution in [2.75, 3.05) is 0 Å². The maximum absolute atomic E-state index is 6.39. The molecule has 2 aromatic heterocycles. The monoisotopic (exact) mass is 506 g/mol. The van der Waals surface area contributed by atoms with Gasteiger partial charge in [0.25, 0.3) is 0 Å². The van der Waals surface area contributed by atoms with Crippen LogP contribution in [0.15, 0.2) is 73.1 Å². The van der Waals surface area contributed by atoms with Gasteiger partial charge >= 0.3 is 0 Å². The Morgan fingerprint density at radius 1 is 0.553 bits per heavy atom. The van der Waals surface area contributed by atoms with Gasteiger partial charge in [-0.3, -0.25) is 0 Å². The Balaban J connectivity index is 1.36. The Morgan fingerprint density at radius 3 is 1.45 bits per heavy atom. The highest BCUT2D eigenvalue weighted by atomic mass is 15.0. The molecular formula is C32H38N6. The molecule has 2 atom stereocenters. The highest BCUT2D eigenvalue weighted by Crippen LogP contribution is 2.33. The normalized spacial score (nSPS) is 14.1. The van der Waals surface area contributed by atoms with Gasteiger partial charge in [0.1, 0.15) is 11.6 Å². The summed E-state index contributed by atoms with van der Waals surface area (Å²) in [6.45, 7) is 12.7. The molecule has 0 aliphatic carbocycles. The van der Waals surface area contributed by atoms with Crippen molar-refractivity contribution in [1.29, 1.82) is 0 Å². The summed E-state index contributed by atoms with van der Waals surface area (Å²) >= 11 is 0. The van der Waals surface area contributed by atoms with Crippen molar-refractivity contribution in [3.8, 4) is 33.6 Å². The molecule has 38 heavy (non-hydrogen) atoms. The van der Waals surface area contributed by atoms with Gasteiger partial charge in [0.15, 0.2) is 0 Å². The van der Waals surface area contributed by atoms with Crippen molar-refractivity contribution in [1.82, 2.24) is 19.9 Å². The van der Waals surface area contributed by atoms with Gasteiger partial charge in [0.05, 0.1) is 35.9 Å². The number of nitrogens with one attached hydrogen (secondary N) is 2. The summed E-state index contributed by atoms with van der Waals surface area (Å²) in [6.07, 6.45) is 3.74. The van der Waals surface area contributed by atoms with Crippen LogP contribution in [-0.2, 0) is 0 Å². The molecule has 0 saturated carbocycles. The number of benzene rings is 3. The van der Waals surface area contributed by atoms with Gasteiger partial charge in [-0.1, -0.05) is 90.1 Å². The largest absolute Gasteiger partial charge is 0.341 e. The van der Waals surface area contributed by atoms with E-state index in [9.17, 15) is 0 Å². The van der Waals surface area contributed by atoms with Crippen LogP contribution in [0.5, 0.6) is 0 Å². The van der Waals surface area contributed by atoms with Crippen LogP contribution in [0.1, 0.15) is 65.3 Å². The van der Waals surface area contributed by atoms with Gasteiger partial charge in [-0.2, -0.15) is 0 Å². The molecular weight excluding hydrogens is 468 g/mol. The number of rotatable bonds is 5. The summed E-state index contributed by atoms with van der Waals surface area (Å²) in [5, 5.41) is 2.37. The predicted octanol–water partition coefficient (Wildman–Crippen LogP) is 7.38. The molecule has 0 aliphatic heterocycles. The van der Waals surface area contributed by atoms with Gasteiger partial charge in [0.2, 0.25) is 0 Å². The minimum absolute atomic E-state index is 0.0586. The van der Waals surface area contributed by atoms with E-state index in [1.165, 1.54) is 21.9 Å². The standard InChI is InChI=1S/C32H38N6/c1-31(2,3)27(33)29-35-17-25(37-29)20-9-7-19(8-10-20)21-11-12-23-16-24(14-13-22(23)15-21)26-18-36-30(38-26)28(34)32(4,5)6/h7-18,27-28H,33-34H2,1-6H3,(H,35,37)(H,36,38)/t27-,28-/m1/s1. The lowest BCUT2D eigenvalue weighted by Gasteiger charge is -2.25. The van der Waals surface area contributed by atoms with Crippen LogP contribution in [-0.4, -0.2) is 19.9 Å². The van der Waals surface area contributed by atoms with Crippen LogP contribution in [0.2, 0.25) is 0 Å². The number of fused-ring (bicyclic) bond motifs is 1. The van der Waals surface area contributed by atoms with E-state index in [1.54, 1.807) is 0 Å². The third-order valence-corrected chi connectivity index (χ3v) is 7.33. The molecule has 5 rings (SSSR count). The molecule has 0 bridgehead atoms. The molecule has 0 fully saturated rings. The number of nitrogens with two attached hydrogens (primary N) is 2. The fraction of sp³-hybridized carbons (Fsp3) is 0.312. The van der Waals surface area contributed by atoms with Crippen LogP contribution in [0.3, 0.4) is 0 Å². The van der Waals surface area contributed by atoms with Crippen molar-refractivity contribution in [3.05, 3.63) is 84.7 Å². The first-order valence-electron chi connectivity index (χ1n) is 13.2. The van der Waals surface area contributed by atoms with Crippen molar-refractivity contribution in [2.24, 2.45) is 22.3 Å². The summed E-state index contributed by atoms with van der Waals surface area (Å²) in [4.78, 5) is 15.9. The number of imidazole rings is 2.